The summed E-state index contributed by atoms with van der Waals surface area (Å²) in [5.74, 6) is 0.836. The summed E-state index contributed by atoms with van der Waals surface area (Å²) in [5, 5.41) is 0.794. The van der Waals surface area contributed by atoms with Crippen LogP contribution in [0.1, 0.15) is 15.9 Å². The number of pyridine rings is 1. The highest BCUT2D eigenvalue weighted by Gasteiger charge is 2.19. The fourth-order valence-corrected chi connectivity index (χ4v) is 3.15. The molecule has 0 unspecified atom stereocenters. The van der Waals surface area contributed by atoms with E-state index in [9.17, 15) is 4.79 Å². The molecule has 1 aromatic heterocycles. The molecule has 116 valence electrons. The van der Waals surface area contributed by atoms with Crippen molar-refractivity contribution < 1.29 is 4.79 Å². The van der Waals surface area contributed by atoms with Crippen LogP contribution in [0.3, 0.4) is 0 Å². The second-order valence-corrected chi connectivity index (χ2v) is 6.17. The fourth-order valence-electron chi connectivity index (χ4n) is 2.36. The first-order valence-corrected chi connectivity index (χ1v) is 8.57. The van der Waals surface area contributed by atoms with Crippen LogP contribution in [0.4, 0.5) is 0 Å². The third kappa shape index (κ3) is 4.11. The van der Waals surface area contributed by atoms with Crippen molar-refractivity contribution >= 4 is 23.7 Å². The molecule has 2 heterocycles. The van der Waals surface area contributed by atoms with Crippen molar-refractivity contribution in [3.8, 4) is 0 Å². The molecule has 3 rings (SSSR count). The molecule has 23 heavy (non-hydrogen) atoms. The van der Waals surface area contributed by atoms with Gasteiger partial charge in [-0.1, -0.05) is 54.6 Å². The van der Waals surface area contributed by atoms with Crippen molar-refractivity contribution in [2.45, 2.75) is 5.03 Å². The molecule has 1 aliphatic heterocycles. The third-order valence-electron chi connectivity index (χ3n) is 3.53. The molecule has 0 radical (unpaired) electrons. The Labute approximate surface area is 140 Å². The Morgan fingerprint density at radius 1 is 1.13 bits per heavy atom. The van der Waals surface area contributed by atoms with Crippen LogP contribution >= 0.6 is 11.8 Å². The molecule has 0 spiro atoms. The van der Waals surface area contributed by atoms with Gasteiger partial charge in [0.1, 0.15) is 5.03 Å². The van der Waals surface area contributed by atoms with Crippen molar-refractivity contribution in [3.63, 3.8) is 0 Å². The van der Waals surface area contributed by atoms with Crippen molar-refractivity contribution in [2.24, 2.45) is 0 Å². The van der Waals surface area contributed by atoms with E-state index in [0.717, 1.165) is 10.8 Å². The molecule has 3 nitrogen and oxygen atoms in total. The van der Waals surface area contributed by atoms with Crippen LogP contribution in [-0.2, 0) is 0 Å². The van der Waals surface area contributed by atoms with E-state index >= 15 is 0 Å². The largest absolute Gasteiger partial charge is 0.331 e. The summed E-state index contributed by atoms with van der Waals surface area (Å²) in [7, 11) is 0. The molecule has 1 aliphatic rings. The molecular weight excluding hydrogens is 304 g/mol. The topological polar surface area (TPSA) is 33.2 Å². The molecule has 1 aromatic carbocycles. The number of hydrogen-bond acceptors (Lipinski definition) is 3. The second-order valence-electron chi connectivity index (χ2n) is 5.16. The molecule has 0 fully saturated rings. The molecular formula is C19H18N2OS. The van der Waals surface area contributed by atoms with E-state index in [0.29, 0.717) is 18.7 Å². The predicted octanol–water partition coefficient (Wildman–Crippen LogP) is 3.90. The zero-order chi connectivity index (χ0) is 15.9. The molecule has 0 aliphatic carbocycles. The smallest absolute Gasteiger partial charge is 0.257 e. The van der Waals surface area contributed by atoms with E-state index in [-0.39, 0.29) is 5.91 Å². The van der Waals surface area contributed by atoms with Crippen LogP contribution < -0.4 is 0 Å². The van der Waals surface area contributed by atoms with Gasteiger partial charge in [-0.05, 0) is 17.7 Å². The molecule has 1 amide bonds. The molecule has 0 bridgehead atoms. The van der Waals surface area contributed by atoms with Gasteiger partial charge in [0.2, 0.25) is 0 Å². The van der Waals surface area contributed by atoms with Gasteiger partial charge in [-0.15, -0.1) is 11.8 Å². The van der Waals surface area contributed by atoms with E-state index in [2.05, 4.69) is 29.3 Å². The number of carbonyl (C=O) groups is 1. The SMILES string of the molecule is O=C(c1cccnc1SCC=Cc1ccccc1)N1CC=CC1. The zero-order valence-corrected chi connectivity index (χ0v) is 13.6. The maximum absolute atomic E-state index is 12.5. The lowest BCUT2D eigenvalue weighted by molar-refractivity contribution is 0.0796. The number of nitrogens with zero attached hydrogens (tertiary/aromatic N) is 2. The number of carbonyl (C=O) groups excluding carboxylic acids is 1. The minimum atomic E-state index is 0.0534. The Morgan fingerprint density at radius 3 is 2.70 bits per heavy atom. The normalized spacial score (nSPS) is 13.8. The first-order chi connectivity index (χ1) is 11.3. The van der Waals surface area contributed by atoms with Crippen LogP contribution in [0.2, 0.25) is 0 Å². The minimum absolute atomic E-state index is 0.0534. The van der Waals surface area contributed by atoms with Crippen LogP contribution in [-0.4, -0.2) is 34.6 Å². The maximum atomic E-state index is 12.5. The number of rotatable bonds is 5. The van der Waals surface area contributed by atoms with E-state index in [1.54, 1.807) is 18.0 Å². The summed E-state index contributed by atoms with van der Waals surface area (Å²) in [6.07, 6.45) is 9.96. The van der Waals surface area contributed by atoms with E-state index in [4.69, 9.17) is 0 Å². The van der Waals surface area contributed by atoms with Gasteiger partial charge in [-0.2, -0.15) is 0 Å². The van der Waals surface area contributed by atoms with Gasteiger partial charge < -0.3 is 4.90 Å². The number of aromatic nitrogens is 1. The van der Waals surface area contributed by atoms with E-state index < -0.39 is 0 Å². The lowest BCUT2D eigenvalue weighted by Gasteiger charge is -2.16. The van der Waals surface area contributed by atoms with E-state index in [1.165, 1.54) is 5.56 Å². The summed E-state index contributed by atoms with van der Waals surface area (Å²) in [4.78, 5) is 18.7. The summed E-state index contributed by atoms with van der Waals surface area (Å²) in [6, 6.07) is 13.9. The first-order valence-electron chi connectivity index (χ1n) is 7.58. The first kappa shape index (κ1) is 15.6. The third-order valence-corrected chi connectivity index (χ3v) is 4.49. The Kier molecular flexibility index (Phi) is 5.27. The van der Waals surface area contributed by atoms with Crippen molar-refractivity contribution in [2.75, 3.05) is 18.8 Å². The molecule has 0 saturated carbocycles. The standard InChI is InChI=1S/C19H18N2OS/c22-19(21-13-4-5-14-21)17-11-6-12-20-18(17)23-15-7-10-16-8-2-1-3-9-16/h1-12H,13-15H2. The van der Waals surface area contributed by atoms with Crippen LogP contribution in [0.5, 0.6) is 0 Å². The number of benzene rings is 1. The molecule has 4 heteroatoms. The monoisotopic (exact) mass is 322 g/mol. The molecule has 0 atom stereocenters. The average molecular weight is 322 g/mol. The van der Waals surface area contributed by atoms with Gasteiger partial charge in [0, 0.05) is 25.0 Å². The van der Waals surface area contributed by atoms with Gasteiger partial charge in [0.25, 0.3) is 5.91 Å². The maximum Gasteiger partial charge on any atom is 0.257 e. The van der Waals surface area contributed by atoms with Crippen LogP contribution in [0.25, 0.3) is 6.08 Å². The van der Waals surface area contributed by atoms with Gasteiger partial charge in [-0.25, -0.2) is 4.98 Å². The highest BCUT2D eigenvalue weighted by Crippen LogP contribution is 2.22. The summed E-state index contributed by atoms with van der Waals surface area (Å²) >= 11 is 1.59. The molecule has 0 N–H and O–H groups in total. The van der Waals surface area contributed by atoms with Gasteiger partial charge in [0.05, 0.1) is 5.56 Å². The number of hydrogen-bond donors (Lipinski definition) is 0. The highest BCUT2D eigenvalue weighted by atomic mass is 32.2. The fraction of sp³-hybridized carbons (Fsp3) is 0.158. The van der Waals surface area contributed by atoms with Crippen LogP contribution in [0.15, 0.2) is 71.9 Å². The quantitative estimate of drug-likeness (QED) is 0.618. The van der Waals surface area contributed by atoms with Gasteiger partial charge in [-0.3, -0.25) is 4.79 Å². The summed E-state index contributed by atoms with van der Waals surface area (Å²) in [5.41, 5.74) is 1.86. The lowest BCUT2D eigenvalue weighted by atomic mass is 10.2. The Morgan fingerprint density at radius 2 is 1.91 bits per heavy atom. The number of amides is 1. The molecule has 0 saturated heterocycles. The molecule has 2 aromatic rings. The summed E-state index contributed by atoms with van der Waals surface area (Å²) in [6.45, 7) is 1.37. The minimum Gasteiger partial charge on any atom is -0.331 e. The van der Waals surface area contributed by atoms with E-state index in [1.807, 2.05) is 47.4 Å². The zero-order valence-electron chi connectivity index (χ0n) is 12.8. The van der Waals surface area contributed by atoms with Crippen molar-refractivity contribution in [3.05, 3.63) is 78.0 Å². The average Bonchev–Trinajstić information content (AvgIpc) is 3.14. The predicted molar refractivity (Wildman–Crippen MR) is 95.5 cm³/mol. The Hall–Kier alpha value is -2.33. The van der Waals surface area contributed by atoms with Crippen molar-refractivity contribution in [1.29, 1.82) is 0 Å². The lowest BCUT2D eigenvalue weighted by Crippen LogP contribution is -2.28. The van der Waals surface area contributed by atoms with Crippen LogP contribution in [0, 0.1) is 0 Å². The number of thioether (sulfide) groups is 1. The Balaban J connectivity index is 1.64. The van der Waals surface area contributed by atoms with Crippen molar-refractivity contribution in [1.82, 2.24) is 9.88 Å². The van der Waals surface area contributed by atoms with Gasteiger partial charge in [0.15, 0.2) is 0 Å². The summed E-state index contributed by atoms with van der Waals surface area (Å²) < 4.78 is 0. The Bertz CT molecular complexity index is 717. The van der Waals surface area contributed by atoms with Gasteiger partial charge >= 0.3 is 0 Å². The highest BCUT2D eigenvalue weighted by molar-refractivity contribution is 7.99. The second kappa shape index (κ2) is 7.79.